The highest BCUT2D eigenvalue weighted by atomic mass is 32.2. The molecule has 0 spiro atoms. The van der Waals surface area contributed by atoms with Crippen molar-refractivity contribution >= 4 is 15.9 Å². The van der Waals surface area contributed by atoms with Crippen LogP contribution >= 0.6 is 0 Å². The van der Waals surface area contributed by atoms with Gasteiger partial charge in [-0.2, -0.15) is 8.42 Å². The van der Waals surface area contributed by atoms with Crippen LogP contribution in [0, 0.1) is 12.7 Å². The maximum Gasteiger partial charge on any atom is 0.306 e. The summed E-state index contributed by atoms with van der Waals surface area (Å²) in [6.07, 6.45) is 3.08. The third-order valence-electron chi connectivity index (χ3n) is 6.38. The molecular weight excluding hydrogens is 463 g/mol. The first-order valence-electron chi connectivity index (χ1n) is 11.2. The van der Waals surface area contributed by atoms with Crippen molar-refractivity contribution in [2.24, 2.45) is 0 Å². The minimum atomic E-state index is -4.10. The fourth-order valence-electron chi connectivity index (χ4n) is 4.25. The number of aromatic nitrogens is 2. The number of nitrogens with zero attached hydrogens (tertiary/aromatic N) is 2. The number of rotatable bonds is 8. The topological polar surface area (TPSA) is 105 Å². The van der Waals surface area contributed by atoms with Gasteiger partial charge in [0.25, 0.3) is 5.56 Å². The largest absolute Gasteiger partial charge is 0.377 e. The van der Waals surface area contributed by atoms with Crippen molar-refractivity contribution in [3.8, 4) is 5.75 Å². The number of carbonyl (C=O) groups is 1. The molecule has 0 fully saturated rings. The Labute approximate surface area is 199 Å². The minimum Gasteiger partial charge on any atom is -0.377 e. The maximum atomic E-state index is 13.6. The Balaban J connectivity index is 2.09. The first-order valence-corrected chi connectivity index (χ1v) is 13.1. The van der Waals surface area contributed by atoms with Crippen LogP contribution in [0.25, 0.3) is 0 Å². The van der Waals surface area contributed by atoms with Crippen molar-refractivity contribution < 1.29 is 26.5 Å². The molecule has 0 amide bonds. The van der Waals surface area contributed by atoms with Crippen molar-refractivity contribution in [1.29, 1.82) is 0 Å². The highest BCUT2D eigenvalue weighted by molar-refractivity contribution is 7.86. The Morgan fingerprint density at radius 2 is 2.06 bits per heavy atom. The third kappa shape index (κ3) is 5.72. The third-order valence-corrected chi connectivity index (χ3v) is 6.85. The van der Waals surface area contributed by atoms with Crippen molar-refractivity contribution in [3.05, 3.63) is 57.0 Å². The van der Waals surface area contributed by atoms with Gasteiger partial charge in [-0.05, 0) is 56.7 Å². The van der Waals surface area contributed by atoms with E-state index in [2.05, 4.69) is 4.98 Å². The molecule has 0 aliphatic carbocycles. The fourth-order valence-corrected chi connectivity index (χ4v) is 4.70. The van der Waals surface area contributed by atoms with Gasteiger partial charge in [-0.15, -0.1) is 0 Å². The van der Waals surface area contributed by atoms with Gasteiger partial charge in [0, 0.05) is 19.4 Å². The number of ether oxygens (including phenoxy) is 1. The second-order valence-corrected chi connectivity index (χ2v) is 10.7. The maximum absolute atomic E-state index is 13.6. The SMILES string of the molecule is CCC1CCC(C)(OC)Cn2c1nc(C(=O)CCc1ccc(F)c(C)c1)c(OS(C)(=O)=O)c2=O. The summed E-state index contributed by atoms with van der Waals surface area (Å²) < 4.78 is 49.5. The molecule has 186 valence electrons. The van der Waals surface area contributed by atoms with Crippen LogP contribution in [0.4, 0.5) is 4.39 Å². The number of hydrogen-bond donors (Lipinski definition) is 0. The molecule has 0 N–H and O–H groups in total. The number of aryl methyl sites for hydroxylation is 2. The quantitative estimate of drug-likeness (QED) is 0.408. The standard InChI is InChI=1S/C24H31FN2O6S/c1-6-17-11-12-24(3,32-4)14-27-22(17)26-20(21(23(27)29)33-34(5,30)31)19(28)10-8-16-7-9-18(25)15(2)13-16/h7,9,13,17H,6,8,10-12,14H2,1-5H3. The van der Waals surface area contributed by atoms with Gasteiger partial charge in [0.1, 0.15) is 11.6 Å². The smallest absolute Gasteiger partial charge is 0.306 e. The zero-order valence-corrected chi connectivity index (χ0v) is 21.0. The predicted molar refractivity (Wildman–Crippen MR) is 125 cm³/mol. The van der Waals surface area contributed by atoms with Crippen LogP contribution < -0.4 is 9.74 Å². The molecule has 2 aromatic rings. The van der Waals surface area contributed by atoms with Gasteiger partial charge in [-0.3, -0.25) is 14.2 Å². The molecular formula is C24H31FN2O6S. The van der Waals surface area contributed by atoms with E-state index in [4.69, 9.17) is 8.92 Å². The molecule has 2 unspecified atom stereocenters. The Bertz CT molecular complexity index is 1260. The highest BCUT2D eigenvalue weighted by Crippen LogP contribution is 2.34. The van der Waals surface area contributed by atoms with Crippen LogP contribution in [0.3, 0.4) is 0 Å². The zero-order valence-electron chi connectivity index (χ0n) is 20.2. The highest BCUT2D eigenvalue weighted by Gasteiger charge is 2.36. The van der Waals surface area contributed by atoms with Crippen LogP contribution in [-0.4, -0.2) is 42.7 Å². The molecule has 0 saturated carbocycles. The molecule has 1 aromatic heterocycles. The van der Waals surface area contributed by atoms with Gasteiger partial charge >= 0.3 is 10.1 Å². The summed E-state index contributed by atoms with van der Waals surface area (Å²) in [5.41, 5.74) is -0.468. The summed E-state index contributed by atoms with van der Waals surface area (Å²) in [6.45, 7) is 5.63. The van der Waals surface area contributed by atoms with Gasteiger partial charge in [-0.25, -0.2) is 9.37 Å². The molecule has 1 aliphatic heterocycles. The van der Waals surface area contributed by atoms with Gasteiger partial charge in [0.15, 0.2) is 11.5 Å². The number of halogens is 1. The lowest BCUT2D eigenvalue weighted by molar-refractivity contribution is -0.0146. The Morgan fingerprint density at radius 3 is 2.65 bits per heavy atom. The average Bonchev–Trinajstić information content (AvgIpc) is 2.92. The van der Waals surface area contributed by atoms with Gasteiger partial charge in [0.05, 0.1) is 18.4 Å². The first-order chi connectivity index (χ1) is 15.9. The second-order valence-electron chi connectivity index (χ2n) is 9.13. The van der Waals surface area contributed by atoms with E-state index >= 15 is 0 Å². The molecule has 2 heterocycles. The van der Waals surface area contributed by atoms with Crippen molar-refractivity contribution in [2.45, 2.75) is 70.9 Å². The molecule has 1 aromatic carbocycles. The molecule has 0 bridgehead atoms. The first kappa shape index (κ1) is 26.0. The van der Waals surface area contributed by atoms with Gasteiger partial charge in [-0.1, -0.05) is 19.1 Å². The molecule has 10 heteroatoms. The number of fused-ring (bicyclic) bond motifs is 1. The van der Waals surface area contributed by atoms with E-state index in [9.17, 15) is 22.4 Å². The van der Waals surface area contributed by atoms with E-state index in [1.807, 2.05) is 13.8 Å². The monoisotopic (exact) mass is 494 g/mol. The molecule has 0 radical (unpaired) electrons. The van der Waals surface area contributed by atoms with Crippen molar-refractivity contribution in [3.63, 3.8) is 0 Å². The van der Waals surface area contributed by atoms with Crippen LogP contribution in [-0.2, 0) is 27.8 Å². The number of methoxy groups -OCH3 is 1. The van der Waals surface area contributed by atoms with Crippen molar-refractivity contribution in [2.75, 3.05) is 13.4 Å². The Hall–Kier alpha value is -2.59. The lowest BCUT2D eigenvalue weighted by atomic mass is 9.93. The van der Waals surface area contributed by atoms with E-state index in [-0.39, 0.29) is 36.8 Å². The van der Waals surface area contributed by atoms with E-state index in [1.165, 1.54) is 10.6 Å². The zero-order chi connectivity index (χ0) is 25.3. The van der Waals surface area contributed by atoms with Crippen LogP contribution in [0.2, 0.25) is 0 Å². The lowest BCUT2D eigenvalue weighted by Crippen LogP contribution is -2.38. The summed E-state index contributed by atoms with van der Waals surface area (Å²) in [5, 5.41) is 0. The summed E-state index contributed by atoms with van der Waals surface area (Å²) in [4.78, 5) is 31.2. The predicted octanol–water partition coefficient (Wildman–Crippen LogP) is 3.54. The number of benzene rings is 1. The fraction of sp³-hybridized carbons (Fsp3) is 0.542. The van der Waals surface area contributed by atoms with Gasteiger partial charge < -0.3 is 8.92 Å². The Kier molecular flexibility index (Phi) is 7.62. The summed E-state index contributed by atoms with van der Waals surface area (Å²) in [6, 6.07) is 4.56. The Morgan fingerprint density at radius 1 is 1.35 bits per heavy atom. The average molecular weight is 495 g/mol. The molecule has 0 saturated heterocycles. The van der Waals surface area contributed by atoms with E-state index in [0.29, 0.717) is 30.7 Å². The van der Waals surface area contributed by atoms with Gasteiger partial charge in [0.2, 0.25) is 5.75 Å². The molecule has 8 nitrogen and oxygen atoms in total. The lowest BCUT2D eigenvalue weighted by Gasteiger charge is -2.27. The number of hydrogen-bond acceptors (Lipinski definition) is 7. The summed E-state index contributed by atoms with van der Waals surface area (Å²) in [5.74, 6) is -1.14. The van der Waals surface area contributed by atoms with E-state index < -0.39 is 32.8 Å². The number of Topliss-reactive ketones (excluding diaryl/α,β-unsaturated/α-hetero) is 1. The minimum absolute atomic E-state index is 0.0480. The van der Waals surface area contributed by atoms with E-state index in [1.54, 1.807) is 26.2 Å². The number of carbonyl (C=O) groups excluding carboxylic acids is 1. The molecule has 34 heavy (non-hydrogen) atoms. The molecule has 1 aliphatic rings. The van der Waals surface area contributed by atoms with Crippen LogP contribution in [0.5, 0.6) is 5.75 Å². The second kappa shape index (κ2) is 9.95. The summed E-state index contributed by atoms with van der Waals surface area (Å²) in [7, 11) is -2.54. The summed E-state index contributed by atoms with van der Waals surface area (Å²) >= 11 is 0. The van der Waals surface area contributed by atoms with Crippen LogP contribution in [0.1, 0.15) is 72.9 Å². The van der Waals surface area contributed by atoms with E-state index in [0.717, 1.165) is 11.8 Å². The van der Waals surface area contributed by atoms with Crippen molar-refractivity contribution in [1.82, 2.24) is 9.55 Å². The number of ketones is 1. The molecule has 2 atom stereocenters. The normalized spacial score (nSPS) is 20.5. The van der Waals surface area contributed by atoms with Crippen LogP contribution in [0.15, 0.2) is 23.0 Å². The molecule has 3 rings (SSSR count).